The number of hydrogen-bond acceptors (Lipinski definition) is 1. The Balaban J connectivity index is 1.92. The lowest BCUT2D eigenvalue weighted by molar-refractivity contribution is 0.577. The summed E-state index contributed by atoms with van der Waals surface area (Å²) in [4.78, 5) is 2.53. The number of benzene rings is 2. The predicted octanol–water partition coefficient (Wildman–Crippen LogP) is 5.05. The van der Waals surface area contributed by atoms with Gasteiger partial charge in [-0.15, -0.1) is 0 Å². The van der Waals surface area contributed by atoms with Crippen LogP contribution in [-0.4, -0.2) is 13.1 Å². The van der Waals surface area contributed by atoms with Crippen molar-refractivity contribution >= 4 is 11.3 Å². The summed E-state index contributed by atoms with van der Waals surface area (Å²) in [7, 11) is 0. The molecule has 1 fully saturated rings. The van der Waals surface area contributed by atoms with Crippen molar-refractivity contribution in [2.75, 3.05) is 18.0 Å². The fourth-order valence-corrected chi connectivity index (χ4v) is 3.08. The maximum absolute atomic E-state index is 4.29. The van der Waals surface area contributed by atoms with Gasteiger partial charge in [0.1, 0.15) is 0 Å². The average molecular weight is 277 g/mol. The average Bonchev–Trinajstić information content (AvgIpc) is 2.56. The zero-order valence-electron chi connectivity index (χ0n) is 12.8. The third-order valence-electron chi connectivity index (χ3n) is 4.38. The fourth-order valence-electron chi connectivity index (χ4n) is 3.08. The first kappa shape index (κ1) is 13.9. The zero-order chi connectivity index (χ0) is 14.7. The molecule has 0 N–H and O–H groups in total. The van der Waals surface area contributed by atoms with Gasteiger partial charge in [-0.3, -0.25) is 0 Å². The number of anilines is 1. The number of hydrogen-bond donors (Lipinski definition) is 0. The zero-order valence-corrected chi connectivity index (χ0v) is 12.8. The minimum atomic E-state index is 1.11. The van der Waals surface area contributed by atoms with E-state index in [4.69, 9.17) is 0 Å². The van der Waals surface area contributed by atoms with E-state index >= 15 is 0 Å². The maximum Gasteiger partial charge on any atom is 0.0402 e. The van der Waals surface area contributed by atoms with E-state index in [1.54, 1.807) is 0 Å². The Morgan fingerprint density at radius 1 is 0.905 bits per heavy atom. The largest absolute Gasteiger partial charge is 0.371 e. The molecule has 1 nitrogen and oxygen atoms in total. The molecule has 0 aliphatic carbocycles. The smallest absolute Gasteiger partial charge is 0.0402 e. The van der Waals surface area contributed by atoms with E-state index in [1.807, 2.05) is 6.07 Å². The molecule has 2 aromatic carbocycles. The highest BCUT2D eigenvalue weighted by Gasteiger charge is 2.14. The van der Waals surface area contributed by atoms with Crippen LogP contribution in [0.3, 0.4) is 0 Å². The second-order valence-corrected chi connectivity index (χ2v) is 5.89. The third kappa shape index (κ3) is 3.02. The second kappa shape index (κ2) is 6.17. The molecule has 0 saturated carbocycles. The van der Waals surface area contributed by atoms with Crippen LogP contribution in [0.1, 0.15) is 36.0 Å². The van der Waals surface area contributed by atoms with Gasteiger partial charge in [0.05, 0.1) is 0 Å². The fraction of sp³-hybridized carbons (Fsp3) is 0.300. The lowest BCUT2D eigenvalue weighted by atomic mass is 9.97. The first-order valence-electron chi connectivity index (χ1n) is 7.86. The molecule has 0 unspecified atom stereocenters. The highest BCUT2D eigenvalue weighted by molar-refractivity contribution is 5.80. The number of nitrogens with zero attached hydrogens (tertiary/aromatic N) is 1. The molecule has 0 atom stereocenters. The summed E-state index contributed by atoms with van der Waals surface area (Å²) in [6.07, 6.45) is 3.98. The van der Waals surface area contributed by atoms with Crippen molar-refractivity contribution in [2.24, 2.45) is 0 Å². The molecule has 0 bridgehead atoms. The lowest BCUT2D eigenvalue weighted by Crippen LogP contribution is -2.30. The minimum absolute atomic E-state index is 1.11. The standard InChI is InChI=1S/C20H23N/c1-16-11-12-19(17(2)18-9-5-3-6-10-18)15-20(16)21-13-7-4-8-14-21/h3,5-6,9-12,15H,2,4,7-8,13-14H2,1H3. The molecule has 1 aliphatic rings. The molecule has 1 heterocycles. The molecule has 1 aliphatic heterocycles. The van der Waals surface area contributed by atoms with Gasteiger partial charge in [-0.05, 0) is 54.5 Å². The molecule has 0 amide bonds. The molecule has 1 heteroatoms. The van der Waals surface area contributed by atoms with Crippen LogP contribution in [0, 0.1) is 6.92 Å². The summed E-state index contributed by atoms with van der Waals surface area (Å²) in [5.41, 5.74) is 6.28. The summed E-state index contributed by atoms with van der Waals surface area (Å²) in [5.74, 6) is 0. The summed E-state index contributed by atoms with van der Waals surface area (Å²) >= 11 is 0. The first-order valence-corrected chi connectivity index (χ1v) is 7.86. The van der Waals surface area contributed by atoms with Crippen LogP contribution in [0.15, 0.2) is 55.1 Å². The molecule has 0 radical (unpaired) electrons. The Hall–Kier alpha value is -2.02. The van der Waals surface area contributed by atoms with Crippen molar-refractivity contribution in [3.05, 3.63) is 71.8 Å². The van der Waals surface area contributed by atoms with Gasteiger partial charge >= 0.3 is 0 Å². The van der Waals surface area contributed by atoms with Crippen LogP contribution in [0.4, 0.5) is 5.69 Å². The van der Waals surface area contributed by atoms with Gasteiger partial charge in [-0.25, -0.2) is 0 Å². The highest BCUT2D eigenvalue weighted by atomic mass is 15.1. The van der Waals surface area contributed by atoms with E-state index in [2.05, 4.69) is 60.9 Å². The van der Waals surface area contributed by atoms with E-state index in [9.17, 15) is 0 Å². The topological polar surface area (TPSA) is 3.24 Å². The van der Waals surface area contributed by atoms with Gasteiger partial charge in [0, 0.05) is 18.8 Å². The van der Waals surface area contributed by atoms with Gasteiger partial charge in [0.25, 0.3) is 0 Å². The van der Waals surface area contributed by atoms with Crippen molar-refractivity contribution in [1.82, 2.24) is 0 Å². The van der Waals surface area contributed by atoms with Crippen LogP contribution in [-0.2, 0) is 0 Å². The molecule has 3 rings (SSSR count). The molecule has 1 saturated heterocycles. The second-order valence-electron chi connectivity index (χ2n) is 5.89. The number of aryl methyl sites for hydroxylation is 1. The molecule has 21 heavy (non-hydrogen) atoms. The quantitative estimate of drug-likeness (QED) is 0.759. The van der Waals surface area contributed by atoms with Crippen LogP contribution < -0.4 is 4.90 Å². The van der Waals surface area contributed by atoms with Crippen LogP contribution in [0.2, 0.25) is 0 Å². The molecule has 0 aromatic heterocycles. The molecular weight excluding hydrogens is 254 g/mol. The van der Waals surface area contributed by atoms with E-state index in [0.29, 0.717) is 0 Å². The van der Waals surface area contributed by atoms with Crippen LogP contribution in [0.5, 0.6) is 0 Å². The number of rotatable bonds is 3. The summed E-state index contributed by atoms with van der Waals surface area (Å²) in [6.45, 7) is 8.87. The highest BCUT2D eigenvalue weighted by Crippen LogP contribution is 2.29. The Bertz CT molecular complexity index is 622. The van der Waals surface area contributed by atoms with Gasteiger partial charge < -0.3 is 4.90 Å². The molecule has 2 aromatic rings. The van der Waals surface area contributed by atoms with Crippen molar-refractivity contribution in [3.63, 3.8) is 0 Å². The summed E-state index contributed by atoms with van der Waals surface area (Å²) in [6, 6.07) is 17.2. The molecule has 0 spiro atoms. The third-order valence-corrected chi connectivity index (χ3v) is 4.38. The van der Waals surface area contributed by atoms with Gasteiger partial charge in [0.2, 0.25) is 0 Å². The van der Waals surface area contributed by atoms with Crippen molar-refractivity contribution < 1.29 is 0 Å². The van der Waals surface area contributed by atoms with E-state index in [0.717, 1.165) is 5.57 Å². The van der Waals surface area contributed by atoms with Gasteiger partial charge in [-0.2, -0.15) is 0 Å². The van der Waals surface area contributed by atoms with E-state index in [-0.39, 0.29) is 0 Å². The summed E-state index contributed by atoms with van der Waals surface area (Å²) < 4.78 is 0. The van der Waals surface area contributed by atoms with E-state index in [1.165, 1.54) is 54.7 Å². The van der Waals surface area contributed by atoms with Gasteiger partial charge in [0.15, 0.2) is 0 Å². The SMILES string of the molecule is C=C(c1ccccc1)c1ccc(C)c(N2CCCCC2)c1. The Morgan fingerprint density at radius 3 is 2.33 bits per heavy atom. The first-order chi connectivity index (χ1) is 10.3. The van der Waals surface area contributed by atoms with Crippen molar-refractivity contribution in [2.45, 2.75) is 26.2 Å². The Morgan fingerprint density at radius 2 is 1.62 bits per heavy atom. The van der Waals surface area contributed by atoms with Crippen LogP contribution in [0.25, 0.3) is 5.57 Å². The normalized spacial score (nSPS) is 15.0. The Kier molecular flexibility index (Phi) is 4.10. The van der Waals surface area contributed by atoms with E-state index < -0.39 is 0 Å². The number of piperidine rings is 1. The van der Waals surface area contributed by atoms with Crippen molar-refractivity contribution in [1.29, 1.82) is 0 Å². The van der Waals surface area contributed by atoms with Crippen LogP contribution >= 0.6 is 0 Å². The lowest BCUT2D eigenvalue weighted by Gasteiger charge is -2.30. The summed E-state index contributed by atoms with van der Waals surface area (Å²) in [5, 5.41) is 0. The Labute approximate surface area is 127 Å². The predicted molar refractivity (Wildman–Crippen MR) is 91.8 cm³/mol. The minimum Gasteiger partial charge on any atom is -0.371 e. The van der Waals surface area contributed by atoms with Gasteiger partial charge in [-0.1, -0.05) is 49.0 Å². The monoisotopic (exact) mass is 277 g/mol. The van der Waals surface area contributed by atoms with Crippen molar-refractivity contribution in [3.8, 4) is 0 Å². The maximum atomic E-state index is 4.29. The molecular formula is C20H23N. The molecule has 108 valence electrons.